The van der Waals surface area contributed by atoms with E-state index in [0.717, 1.165) is 71.7 Å². The van der Waals surface area contributed by atoms with Gasteiger partial charge in [0.25, 0.3) is 0 Å². The van der Waals surface area contributed by atoms with Crippen LogP contribution in [0, 0.1) is 0 Å². The summed E-state index contributed by atoms with van der Waals surface area (Å²) in [4.78, 5) is 25.3. The third-order valence-electron chi connectivity index (χ3n) is 6.59. The summed E-state index contributed by atoms with van der Waals surface area (Å²) in [6, 6.07) is 6.20. The van der Waals surface area contributed by atoms with Crippen LogP contribution in [0.15, 0.2) is 30.6 Å². The highest BCUT2D eigenvalue weighted by molar-refractivity contribution is 7.15. The maximum absolute atomic E-state index is 11.3. The minimum absolute atomic E-state index is 0.0351. The standard InChI is InChI=1S/C25H30N6O2S/c1-16(32)28-19-6-8-20(9-7-19)33-21-5-3-4-18-14-27-25(30-23(18)21)29-22-15-26-24(34-22)17-10-12-31(2)13-11-17/h3-5,12,14-15,17,19-20H,6-11,13H2,1-2H3,(H-,27,28,29,30,32)/p+1. The average molecular weight is 480 g/mol. The van der Waals surface area contributed by atoms with Crippen molar-refractivity contribution >= 4 is 45.3 Å². The Kier molecular flexibility index (Phi) is 6.71. The first-order valence-corrected chi connectivity index (χ1v) is 12.8. The third kappa shape index (κ3) is 5.35. The zero-order valence-electron chi connectivity index (χ0n) is 19.7. The van der Waals surface area contributed by atoms with Gasteiger partial charge in [-0.1, -0.05) is 12.1 Å². The molecule has 0 spiro atoms. The molecule has 1 aliphatic heterocycles. The molecule has 2 aromatic heterocycles. The summed E-state index contributed by atoms with van der Waals surface area (Å²) in [5.74, 6) is 1.84. The quantitative estimate of drug-likeness (QED) is 0.514. The molecule has 178 valence electrons. The Bertz CT molecular complexity index is 1200. The van der Waals surface area contributed by atoms with Gasteiger partial charge in [0.05, 0.1) is 17.3 Å². The number of carbonyl (C=O) groups excluding carboxylic acids is 1. The van der Waals surface area contributed by atoms with Gasteiger partial charge in [0.2, 0.25) is 11.9 Å². The summed E-state index contributed by atoms with van der Waals surface area (Å²) in [7, 11) is 2.12. The lowest BCUT2D eigenvalue weighted by atomic mass is 9.93. The Hall–Kier alpha value is -3.07. The highest BCUT2D eigenvalue weighted by Crippen LogP contribution is 2.33. The summed E-state index contributed by atoms with van der Waals surface area (Å²) in [5, 5.41) is 9.41. The monoisotopic (exact) mass is 479 g/mol. The van der Waals surface area contributed by atoms with Gasteiger partial charge in [-0.2, -0.15) is 0 Å². The molecule has 1 fully saturated rings. The zero-order chi connectivity index (χ0) is 23.5. The lowest BCUT2D eigenvalue weighted by molar-refractivity contribution is -0.498. The van der Waals surface area contributed by atoms with Crippen molar-refractivity contribution in [3.8, 4) is 5.75 Å². The highest BCUT2D eigenvalue weighted by atomic mass is 32.1. The summed E-state index contributed by atoms with van der Waals surface area (Å²) in [6.07, 6.45) is 11.9. The molecule has 1 unspecified atom stereocenters. The Morgan fingerprint density at radius 1 is 1.15 bits per heavy atom. The normalized spacial score (nSPS) is 22.8. The molecular formula is C25H31N6O2S+. The zero-order valence-corrected chi connectivity index (χ0v) is 20.5. The number of carbonyl (C=O) groups is 1. The smallest absolute Gasteiger partial charge is 0.228 e. The molecule has 3 heterocycles. The first-order valence-electron chi connectivity index (χ1n) is 12.0. The largest absolute Gasteiger partial charge is 0.488 e. The number of thiazole rings is 1. The Morgan fingerprint density at radius 2 is 2.00 bits per heavy atom. The van der Waals surface area contributed by atoms with Crippen LogP contribution in [0.5, 0.6) is 5.75 Å². The molecule has 2 aliphatic rings. The average Bonchev–Trinajstić information content (AvgIpc) is 3.29. The van der Waals surface area contributed by atoms with Crippen molar-refractivity contribution in [1.29, 1.82) is 0 Å². The first kappa shape index (κ1) is 22.7. The van der Waals surface area contributed by atoms with E-state index in [1.165, 1.54) is 0 Å². The summed E-state index contributed by atoms with van der Waals surface area (Å²) < 4.78 is 8.62. The van der Waals surface area contributed by atoms with Crippen LogP contribution in [-0.4, -0.2) is 57.4 Å². The van der Waals surface area contributed by atoms with Crippen molar-refractivity contribution in [3.63, 3.8) is 0 Å². The predicted molar refractivity (Wildman–Crippen MR) is 135 cm³/mol. The summed E-state index contributed by atoms with van der Waals surface area (Å²) in [6.45, 7) is 2.64. The highest BCUT2D eigenvalue weighted by Gasteiger charge is 2.24. The van der Waals surface area contributed by atoms with Crippen LogP contribution < -0.4 is 15.4 Å². The van der Waals surface area contributed by atoms with Crippen molar-refractivity contribution in [2.75, 3.05) is 18.9 Å². The molecule has 1 saturated carbocycles. The van der Waals surface area contributed by atoms with Gasteiger partial charge in [-0.05, 0) is 31.7 Å². The van der Waals surface area contributed by atoms with Crippen molar-refractivity contribution < 1.29 is 14.1 Å². The van der Waals surface area contributed by atoms with Crippen molar-refractivity contribution in [2.24, 2.45) is 0 Å². The molecule has 34 heavy (non-hydrogen) atoms. The van der Waals surface area contributed by atoms with E-state index in [4.69, 9.17) is 9.72 Å². The van der Waals surface area contributed by atoms with Gasteiger partial charge in [0, 0.05) is 43.3 Å². The SMILES string of the molecule is CC(=O)NC1CCC(Oc2cccc3cnc(Nc4cnc(C5CC=[N+](C)CC5)s4)nc23)CC1. The summed E-state index contributed by atoms with van der Waals surface area (Å²) >= 11 is 1.68. The molecule has 0 radical (unpaired) electrons. The van der Waals surface area contributed by atoms with Gasteiger partial charge in [0.15, 0.2) is 0 Å². The molecule has 1 amide bonds. The number of nitrogens with one attached hydrogen (secondary N) is 2. The molecule has 0 saturated heterocycles. The van der Waals surface area contributed by atoms with E-state index < -0.39 is 0 Å². The number of amides is 1. The molecular weight excluding hydrogens is 448 g/mol. The van der Waals surface area contributed by atoms with Crippen molar-refractivity contribution in [2.45, 2.75) is 63.5 Å². The van der Waals surface area contributed by atoms with Gasteiger partial charge in [0.1, 0.15) is 36.1 Å². The van der Waals surface area contributed by atoms with E-state index in [0.29, 0.717) is 11.9 Å². The number of para-hydroxylation sites is 1. The van der Waals surface area contributed by atoms with E-state index in [2.05, 4.69) is 38.4 Å². The second kappa shape index (κ2) is 10.0. The fourth-order valence-corrected chi connectivity index (χ4v) is 5.68. The number of aromatic nitrogens is 3. The van der Waals surface area contributed by atoms with Gasteiger partial charge in [-0.3, -0.25) is 4.79 Å². The van der Waals surface area contributed by atoms with Crippen LogP contribution in [0.1, 0.15) is 56.4 Å². The van der Waals surface area contributed by atoms with E-state index in [1.54, 1.807) is 18.3 Å². The van der Waals surface area contributed by atoms with E-state index in [1.807, 2.05) is 30.6 Å². The first-order chi connectivity index (χ1) is 16.5. The second-order valence-electron chi connectivity index (χ2n) is 9.25. The number of hydrogen-bond acceptors (Lipinski definition) is 7. The maximum atomic E-state index is 11.3. The van der Waals surface area contributed by atoms with Crippen LogP contribution in [0.25, 0.3) is 10.9 Å². The fraction of sp³-hybridized carbons (Fsp3) is 0.480. The number of ether oxygens (including phenoxy) is 1. The number of anilines is 2. The van der Waals surface area contributed by atoms with Crippen LogP contribution in [0.2, 0.25) is 0 Å². The predicted octanol–water partition coefficient (Wildman–Crippen LogP) is 4.25. The molecule has 1 aliphatic carbocycles. The molecule has 5 rings (SSSR count). The van der Waals surface area contributed by atoms with Gasteiger partial charge >= 0.3 is 0 Å². The van der Waals surface area contributed by atoms with Crippen LogP contribution >= 0.6 is 11.3 Å². The van der Waals surface area contributed by atoms with Crippen LogP contribution in [0.4, 0.5) is 10.9 Å². The van der Waals surface area contributed by atoms with Gasteiger partial charge in [-0.25, -0.2) is 19.5 Å². The minimum atomic E-state index is 0.0351. The lowest BCUT2D eigenvalue weighted by Gasteiger charge is -2.29. The topological polar surface area (TPSA) is 92.0 Å². The molecule has 8 nitrogen and oxygen atoms in total. The minimum Gasteiger partial charge on any atom is -0.488 e. The molecule has 0 bridgehead atoms. The Labute approximate surface area is 203 Å². The maximum Gasteiger partial charge on any atom is 0.228 e. The van der Waals surface area contributed by atoms with E-state index >= 15 is 0 Å². The third-order valence-corrected chi connectivity index (χ3v) is 7.66. The number of rotatable bonds is 6. The van der Waals surface area contributed by atoms with Gasteiger partial charge in [-0.15, -0.1) is 11.3 Å². The number of fused-ring (bicyclic) bond motifs is 1. The second-order valence-corrected chi connectivity index (χ2v) is 10.3. The molecule has 2 N–H and O–H groups in total. The Morgan fingerprint density at radius 3 is 2.76 bits per heavy atom. The Balaban J connectivity index is 1.27. The molecule has 1 aromatic carbocycles. The van der Waals surface area contributed by atoms with Crippen LogP contribution in [-0.2, 0) is 4.79 Å². The lowest BCUT2D eigenvalue weighted by Crippen LogP contribution is -2.38. The van der Waals surface area contributed by atoms with Gasteiger partial charge < -0.3 is 15.4 Å². The van der Waals surface area contributed by atoms with E-state index in [9.17, 15) is 4.79 Å². The molecule has 9 heteroatoms. The number of nitrogens with zero attached hydrogens (tertiary/aromatic N) is 4. The molecule has 3 aromatic rings. The fourth-order valence-electron chi connectivity index (χ4n) is 4.72. The van der Waals surface area contributed by atoms with E-state index in [-0.39, 0.29) is 18.1 Å². The summed E-state index contributed by atoms with van der Waals surface area (Å²) in [5.41, 5.74) is 0.804. The molecule has 1 atom stereocenters. The number of benzene rings is 1. The van der Waals surface area contributed by atoms with Crippen LogP contribution in [0.3, 0.4) is 0 Å². The van der Waals surface area contributed by atoms with Crippen molar-refractivity contribution in [3.05, 3.63) is 35.6 Å². The van der Waals surface area contributed by atoms with Crippen molar-refractivity contribution in [1.82, 2.24) is 20.3 Å². The number of hydrogen-bond donors (Lipinski definition) is 2.